The fourth-order valence-corrected chi connectivity index (χ4v) is 2.46. The van der Waals surface area contributed by atoms with E-state index in [4.69, 9.17) is 10.5 Å². The fourth-order valence-electron chi connectivity index (χ4n) is 2.46. The van der Waals surface area contributed by atoms with Crippen molar-refractivity contribution in [2.24, 2.45) is 0 Å². The van der Waals surface area contributed by atoms with Gasteiger partial charge in [0.25, 0.3) is 0 Å². The summed E-state index contributed by atoms with van der Waals surface area (Å²) in [6, 6.07) is 13.2. The van der Waals surface area contributed by atoms with Gasteiger partial charge in [0.1, 0.15) is 11.9 Å². The van der Waals surface area contributed by atoms with Crippen LogP contribution in [0.25, 0.3) is 0 Å². The lowest BCUT2D eigenvalue weighted by Crippen LogP contribution is -2.15. The molecule has 2 aromatic carbocycles. The Morgan fingerprint density at radius 3 is 2.18 bits per heavy atom. The van der Waals surface area contributed by atoms with Crippen LogP contribution < -0.4 is 10.5 Å². The predicted octanol–water partition coefficient (Wildman–Crippen LogP) is 4.05. The molecule has 0 aliphatic rings. The molecule has 0 spiro atoms. The van der Waals surface area contributed by atoms with E-state index in [9.17, 15) is 5.11 Å². The average Bonchev–Trinajstić information content (AvgIpc) is 2.47. The van der Waals surface area contributed by atoms with Gasteiger partial charge in [-0.1, -0.05) is 39.0 Å². The Morgan fingerprint density at radius 1 is 1.05 bits per heavy atom. The van der Waals surface area contributed by atoms with E-state index in [0.717, 1.165) is 22.4 Å². The molecule has 0 radical (unpaired) electrons. The van der Waals surface area contributed by atoms with E-state index >= 15 is 0 Å². The van der Waals surface area contributed by atoms with Crippen molar-refractivity contribution in [3.8, 4) is 5.75 Å². The van der Waals surface area contributed by atoms with Crippen molar-refractivity contribution in [1.29, 1.82) is 0 Å². The van der Waals surface area contributed by atoms with Crippen LogP contribution in [0.2, 0.25) is 0 Å². The minimum Gasteiger partial charge on any atom is -0.494 e. The molecule has 0 fully saturated rings. The van der Waals surface area contributed by atoms with E-state index in [1.54, 1.807) is 12.1 Å². The number of aliphatic hydroxyl groups is 1. The van der Waals surface area contributed by atoms with Crippen molar-refractivity contribution < 1.29 is 9.84 Å². The van der Waals surface area contributed by atoms with Crippen LogP contribution >= 0.6 is 0 Å². The quantitative estimate of drug-likeness (QED) is 0.837. The molecular formula is C19H25NO2. The van der Waals surface area contributed by atoms with E-state index in [2.05, 4.69) is 20.8 Å². The normalized spacial score (nSPS) is 13.0. The molecule has 1 unspecified atom stereocenters. The largest absolute Gasteiger partial charge is 0.494 e. The van der Waals surface area contributed by atoms with Crippen molar-refractivity contribution in [3.05, 3.63) is 59.2 Å². The standard InChI is InChI=1S/C19H25NO2/c1-5-22-17-11-8-14(12-16(17)19(2,3)4)18(21)13-6-9-15(20)10-7-13/h6-12,18,21H,5,20H2,1-4H3. The van der Waals surface area contributed by atoms with Crippen LogP contribution in [-0.2, 0) is 5.41 Å². The Bertz CT molecular complexity index is 627. The SMILES string of the molecule is CCOc1ccc(C(O)c2ccc(N)cc2)cc1C(C)(C)C. The Morgan fingerprint density at radius 2 is 1.64 bits per heavy atom. The molecule has 0 saturated heterocycles. The van der Waals surface area contributed by atoms with Crippen LogP contribution in [0.15, 0.2) is 42.5 Å². The van der Waals surface area contributed by atoms with Crippen molar-refractivity contribution in [2.75, 3.05) is 12.3 Å². The first-order chi connectivity index (χ1) is 10.3. The summed E-state index contributed by atoms with van der Waals surface area (Å²) in [7, 11) is 0. The first kappa shape index (κ1) is 16.4. The molecule has 2 aromatic rings. The van der Waals surface area contributed by atoms with Crippen LogP contribution in [0.1, 0.15) is 50.5 Å². The maximum atomic E-state index is 10.6. The van der Waals surface area contributed by atoms with E-state index in [0.29, 0.717) is 12.3 Å². The summed E-state index contributed by atoms with van der Waals surface area (Å²) in [6.07, 6.45) is -0.669. The highest BCUT2D eigenvalue weighted by Crippen LogP contribution is 2.35. The van der Waals surface area contributed by atoms with Gasteiger partial charge in [0.2, 0.25) is 0 Å². The number of rotatable bonds is 4. The van der Waals surface area contributed by atoms with Gasteiger partial charge in [-0.2, -0.15) is 0 Å². The van der Waals surface area contributed by atoms with Crippen molar-refractivity contribution in [1.82, 2.24) is 0 Å². The zero-order valence-electron chi connectivity index (χ0n) is 13.8. The molecule has 0 aliphatic carbocycles. The Hall–Kier alpha value is -2.00. The number of benzene rings is 2. The second kappa shape index (κ2) is 6.41. The lowest BCUT2D eigenvalue weighted by atomic mass is 9.84. The van der Waals surface area contributed by atoms with Crippen molar-refractivity contribution >= 4 is 5.69 Å². The molecule has 1 atom stereocenters. The van der Waals surface area contributed by atoms with Gasteiger partial charge in [-0.15, -0.1) is 0 Å². The minimum absolute atomic E-state index is 0.0542. The van der Waals surface area contributed by atoms with Crippen LogP contribution in [0.5, 0.6) is 5.75 Å². The maximum absolute atomic E-state index is 10.6. The summed E-state index contributed by atoms with van der Waals surface area (Å²) >= 11 is 0. The summed E-state index contributed by atoms with van der Waals surface area (Å²) in [5, 5.41) is 10.6. The highest BCUT2D eigenvalue weighted by Gasteiger charge is 2.21. The molecular weight excluding hydrogens is 274 g/mol. The first-order valence-electron chi connectivity index (χ1n) is 7.63. The van der Waals surface area contributed by atoms with E-state index in [1.807, 2.05) is 37.3 Å². The van der Waals surface area contributed by atoms with Gasteiger partial charge in [0.15, 0.2) is 0 Å². The number of aliphatic hydroxyl groups excluding tert-OH is 1. The summed E-state index contributed by atoms with van der Waals surface area (Å²) in [5.41, 5.74) is 9.13. The van der Waals surface area contributed by atoms with E-state index in [-0.39, 0.29) is 5.41 Å². The number of hydrogen-bond acceptors (Lipinski definition) is 3. The molecule has 0 bridgehead atoms. The molecule has 0 aliphatic heterocycles. The number of nitrogens with two attached hydrogens (primary N) is 1. The van der Waals surface area contributed by atoms with Gasteiger partial charge in [0, 0.05) is 5.69 Å². The molecule has 0 amide bonds. The summed E-state index contributed by atoms with van der Waals surface area (Å²) in [6.45, 7) is 9.03. The van der Waals surface area contributed by atoms with Crippen LogP contribution in [0.3, 0.4) is 0 Å². The Kier molecular flexibility index (Phi) is 4.77. The third-order valence-corrected chi connectivity index (χ3v) is 3.68. The van der Waals surface area contributed by atoms with Gasteiger partial charge in [-0.05, 0) is 53.3 Å². The van der Waals surface area contributed by atoms with Crippen LogP contribution in [0.4, 0.5) is 5.69 Å². The molecule has 118 valence electrons. The Labute approximate surface area is 132 Å². The highest BCUT2D eigenvalue weighted by atomic mass is 16.5. The number of nitrogen functional groups attached to an aromatic ring is 1. The van der Waals surface area contributed by atoms with Crippen LogP contribution in [0, 0.1) is 0 Å². The molecule has 0 heterocycles. The van der Waals surface area contributed by atoms with Gasteiger partial charge in [0.05, 0.1) is 6.61 Å². The molecule has 3 N–H and O–H groups in total. The van der Waals surface area contributed by atoms with E-state index < -0.39 is 6.10 Å². The van der Waals surface area contributed by atoms with Gasteiger partial charge >= 0.3 is 0 Å². The minimum atomic E-state index is -0.669. The molecule has 3 nitrogen and oxygen atoms in total. The lowest BCUT2D eigenvalue weighted by molar-refractivity contribution is 0.220. The van der Waals surface area contributed by atoms with E-state index in [1.165, 1.54) is 0 Å². The topological polar surface area (TPSA) is 55.5 Å². The monoisotopic (exact) mass is 299 g/mol. The zero-order chi connectivity index (χ0) is 16.3. The summed E-state index contributed by atoms with van der Waals surface area (Å²) < 4.78 is 5.72. The Balaban J connectivity index is 2.41. The second-order valence-electron chi connectivity index (χ2n) is 6.51. The molecule has 2 rings (SSSR count). The zero-order valence-corrected chi connectivity index (χ0v) is 13.8. The highest BCUT2D eigenvalue weighted by molar-refractivity contribution is 5.46. The average molecular weight is 299 g/mol. The summed E-state index contributed by atoms with van der Waals surface area (Å²) in [5.74, 6) is 0.878. The summed E-state index contributed by atoms with van der Waals surface area (Å²) in [4.78, 5) is 0. The predicted molar refractivity (Wildman–Crippen MR) is 91.2 cm³/mol. The van der Waals surface area contributed by atoms with Gasteiger partial charge < -0.3 is 15.6 Å². The maximum Gasteiger partial charge on any atom is 0.123 e. The second-order valence-corrected chi connectivity index (χ2v) is 6.51. The third-order valence-electron chi connectivity index (χ3n) is 3.68. The third kappa shape index (κ3) is 3.60. The number of anilines is 1. The first-order valence-corrected chi connectivity index (χ1v) is 7.63. The van der Waals surface area contributed by atoms with Gasteiger partial charge in [-0.25, -0.2) is 0 Å². The smallest absolute Gasteiger partial charge is 0.123 e. The number of ether oxygens (including phenoxy) is 1. The fraction of sp³-hybridized carbons (Fsp3) is 0.368. The van der Waals surface area contributed by atoms with Crippen molar-refractivity contribution in [3.63, 3.8) is 0 Å². The van der Waals surface area contributed by atoms with Gasteiger partial charge in [-0.3, -0.25) is 0 Å². The molecule has 3 heteroatoms. The van der Waals surface area contributed by atoms with Crippen molar-refractivity contribution in [2.45, 2.75) is 39.2 Å². The molecule has 0 aromatic heterocycles. The molecule has 0 saturated carbocycles. The lowest BCUT2D eigenvalue weighted by Gasteiger charge is -2.24. The molecule has 22 heavy (non-hydrogen) atoms. The van der Waals surface area contributed by atoms with Crippen LogP contribution in [-0.4, -0.2) is 11.7 Å². The number of hydrogen-bond donors (Lipinski definition) is 2.